The first-order valence-corrected chi connectivity index (χ1v) is 5.15. The summed E-state index contributed by atoms with van der Waals surface area (Å²) in [6.07, 6.45) is 0. The number of nitriles is 2. The molecule has 0 atom stereocenters. The highest BCUT2D eigenvalue weighted by atomic mass is 32.1. The fourth-order valence-electron chi connectivity index (χ4n) is 1.12. The van der Waals surface area contributed by atoms with E-state index < -0.39 is 0 Å². The summed E-state index contributed by atoms with van der Waals surface area (Å²) >= 11 is 1.30. The Hall–Kier alpha value is -2.37. The van der Waals surface area contributed by atoms with Gasteiger partial charge in [0.25, 0.3) is 0 Å². The minimum atomic E-state index is 0.291. The molecule has 0 bridgehead atoms. The summed E-state index contributed by atoms with van der Waals surface area (Å²) in [5, 5.41) is 19.3. The van der Waals surface area contributed by atoms with Crippen molar-refractivity contribution >= 4 is 11.3 Å². The van der Waals surface area contributed by atoms with Gasteiger partial charge in [-0.25, -0.2) is 0 Å². The number of nitrogens with zero attached hydrogens (tertiary/aromatic N) is 3. The smallest absolute Gasteiger partial charge is 0.230 e. The van der Waals surface area contributed by atoms with Crippen LogP contribution >= 0.6 is 11.3 Å². The van der Waals surface area contributed by atoms with Crippen molar-refractivity contribution in [1.82, 2.24) is 4.98 Å². The Kier molecular flexibility index (Phi) is 2.81. The largest absolute Gasteiger partial charge is 0.438 e. The molecule has 0 fully saturated rings. The molecule has 0 aliphatic rings. The molecule has 0 N–H and O–H groups in total. The SMILES string of the molecule is N#Cc1ccc(Oc2cs[c]n2)cc1C#N. The second-order valence-electron chi connectivity index (χ2n) is 2.81. The van der Waals surface area contributed by atoms with Gasteiger partial charge in [-0.05, 0) is 18.2 Å². The molecule has 0 unspecified atom stereocenters. The standard InChI is InChI=1S/C11H4N3OS/c12-4-8-1-2-10(3-9(8)5-13)15-11-6-16-7-14-11/h1-3,6H. The molecule has 4 nitrogen and oxygen atoms in total. The third-order valence-electron chi connectivity index (χ3n) is 1.82. The second kappa shape index (κ2) is 4.43. The van der Waals surface area contributed by atoms with Crippen LogP contribution in [0.1, 0.15) is 11.1 Å². The first-order chi connectivity index (χ1) is 7.83. The van der Waals surface area contributed by atoms with Crippen LogP contribution in [0.3, 0.4) is 0 Å². The summed E-state index contributed by atoms with van der Waals surface area (Å²) in [6.45, 7) is 0. The summed E-state index contributed by atoms with van der Waals surface area (Å²) in [6, 6.07) is 8.55. The van der Waals surface area contributed by atoms with E-state index in [1.54, 1.807) is 17.5 Å². The molecule has 2 aromatic rings. The van der Waals surface area contributed by atoms with E-state index in [-0.39, 0.29) is 0 Å². The monoisotopic (exact) mass is 226 g/mol. The van der Waals surface area contributed by atoms with Gasteiger partial charge in [0, 0.05) is 0 Å². The van der Waals surface area contributed by atoms with Crippen molar-refractivity contribution in [1.29, 1.82) is 10.5 Å². The van der Waals surface area contributed by atoms with Crippen molar-refractivity contribution in [2.24, 2.45) is 0 Å². The third-order valence-corrected chi connectivity index (χ3v) is 2.34. The number of aromatic nitrogens is 1. The zero-order chi connectivity index (χ0) is 11.4. The fourth-order valence-corrected chi connectivity index (χ4v) is 1.52. The number of thiazole rings is 1. The van der Waals surface area contributed by atoms with Gasteiger partial charge in [-0.3, -0.25) is 0 Å². The van der Waals surface area contributed by atoms with Crippen molar-refractivity contribution in [2.75, 3.05) is 0 Å². The molecule has 1 aromatic carbocycles. The van der Waals surface area contributed by atoms with Gasteiger partial charge < -0.3 is 4.74 Å². The lowest BCUT2D eigenvalue weighted by Gasteiger charge is -2.02. The Balaban J connectivity index is 2.31. The van der Waals surface area contributed by atoms with E-state index in [1.165, 1.54) is 17.4 Å². The summed E-state index contributed by atoms with van der Waals surface area (Å²) in [7, 11) is 0. The van der Waals surface area contributed by atoms with Crippen LogP contribution in [0.2, 0.25) is 0 Å². The highest BCUT2D eigenvalue weighted by molar-refractivity contribution is 7.07. The Morgan fingerprint density at radius 2 is 2.06 bits per heavy atom. The van der Waals surface area contributed by atoms with E-state index >= 15 is 0 Å². The maximum Gasteiger partial charge on any atom is 0.230 e. The molecule has 2 rings (SSSR count). The van der Waals surface area contributed by atoms with E-state index in [0.29, 0.717) is 22.8 Å². The number of rotatable bonds is 2. The molecule has 0 spiro atoms. The van der Waals surface area contributed by atoms with Crippen LogP contribution in [-0.4, -0.2) is 4.98 Å². The maximum absolute atomic E-state index is 8.82. The van der Waals surface area contributed by atoms with Gasteiger partial charge in [0.15, 0.2) is 5.51 Å². The van der Waals surface area contributed by atoms with E-state index in [9.17, 15) is 0 Å². The molecule has 5 heteroatoms. The molecule has 0 aliphatic heterocycles. The average molecular weight is 226 g/mol. The van der Waals surface area contributed by atoms with Gasteiger partial charge >= 0.3 is 0 Å². The molecule has 0 aliphatic carbocycles. The molecular formula is C11H4N3OS. The van der Waals surface area contributed by atoms with Crippen molar-refractivity contribution in [3.05, 3.63) is 40.2 Å². The van der Waals surface area contributed by atoms with Crippen LogP contribution in [0, 0.1) is 28.2 Å². The van der Waals surface area contributed by atoms with E-state index in [2.05, 4.69) is 10.5 Å². The average Bonchev–Trinajstić information content (AvgIpc) is 2.81. The highest BCUT2D eigenvalue weighted by Crippen LogP contribution is 2.23. The summed E-state index contributed by atoms with van der Waals surface area (Å²) in [5.41, 5.74) is 3.27. The molecule has 0 amide bonds. The normalized spacial score (nSPS) is 9.12. The predicted octanol–water partition coefficient (Wildman–Crippen LogP) is 2.48. The Bertz CT molecular complexity index is 578. The minimum Gasteiger partial charge on any atom is -0.438 e. The lowest BCUT2D eigenvalue weighted by atomic mass is 10.1. The Morgan fingerprint density at radius 3 is 2.69 bits per heavy atom. The number of ether oxygens (including phenoxy) is 1. The quantitative estimate of drug-likeness (QED) is 0.788. The van der Waals surface area contributed by atoms with E-state index in [4.69, 9.17) is 15.3 Å². The maximum atomic E-state index is 8.82. The zero-order valence-electron chi connectivity index (χ0n) is 7.97. The van der Waals surface area contributed by atoms with Crippen LogP contribution < -0.4 is 4.74 Å². The summed E-state index contributed by atoms with van der Waals surface area (Å²) in [5.74, 6) is 0.911. The van der Waals surface area contributed by atoms with Crippen molar-refractivity contribution in [3.63, 3.8) is 0 Å². The first-order valence-electron chi connectivity index (χ1n) is 4.27. The lowest BCUT2D eigenvalue weighted by Crippen LogP contribution is -1.88. The van der Waals surface area contributed by atoms with Crippen LogP contribution in [0.15, 0.2) is 23.6 Å². The molecule has 1 aromatic heterocycles. The zero-order valence-corrected chi connectivity index (χ0v) is 8.78. The number of benzene rings is 1. The van der Waals surface area contributed by atoms with E-state index in [0.717, 1.165) is 0 Å². The molecule has 1 radical (unpaired) electrons. The highest BCUT2D eigenvalue weighted by Gasteiger charge is 2.05. The lowest BCUT2D eigenvalue weighted by molar-refractivity contribution is 0.466. The minimum absolute atomic E-state index is 0.291. The van der Waals surface area contributed by atoms with Crippen molar-refractivity contribution in [2.45, 2.75) is 0 Å². The topological polar surface area (TPSA) is 69.7 Å². The molecule has 75 valence electrons. The summed E-state index contributed by atoms with van der Waals surface area (Å²) < 4.78 is 5.37. The molecular weight excluding hydrogens is 222 g/mol. The van der Waals surface area contributed by atoms with Gasteiger partial charge in [-0.1, -0.05) is 0 Å². The van der Waals surface area contributed by atoms with E-state index in [1.807, 2.05) is 12.1 Å². The molecule has 0 saturated carbocycles. The molecule has 1 heterocycles. The van der Waals surface area contributed by atoms with Crippen LogP contribution in [0.25, 0.3) is 0 Å². The fraction of sp³-hybridized carbons (Fsp3) is 0. The first kappa shape index (κ1) is 10.2. The van der Waals surface area contributed by atoms with Gasteiger partial charge in [0.05, 0.1) is 16.5 Å². The van der Waals surface area contributed by atoms with Gasteiger partial charge in [-0.2, -0.15) is 15.5 Å². The Morgan fingerprint density at radius 1 is 1.25 bits per heavy atom. The van der Waals surface area contributed by atoms with Crippen LogP contribution in [-0.2, 0) is 0 Å². The Labute approximate surface area is 96.0 Å². The van der Waals surface area contributed by atoms with Crippen LogP contribution in [0.5, 0.6) is 11.6 Å². The molecule has 0 saturated heterocycles. The van der Waals surface area contributed by atoms with Crippen molar-refractivity contribution in [3.8, 4) is 23.8 Å². The van der Waals surface area contributed by atoms with Crippen LogP contribution in [0.4, 0.5) is 0 Å². The van der Waals surface area contributed by atoms with Gasteiger partial charge in [0.2, 0.25) is 5.88 Å². The predicted molar refractivity (Wildman–Crippen MR) is 56.9 cm³/mol. The number of hydrogen-bond acceptors (Lipinski definition) is 5. The summed E-state index contributed by atoms with van der Waals surface area (Å²) in [4.78, 5) is 3.83. The van der Waals surface area contributed by atoms with Gasteiger partial charge in [-0.15, -0.1) is 11.3 Å². The van der Waals surface area contributed by atoms with Gasteiger partial charge in [0.1, 0.15) is 17.9 Å². The second-order valence-corrected chi connectivity index (χ2v) is 3.46. The van der Waals surface area contributed by atoms with Crippen molar-refractivity contribution < 1.29 is 4.74 Å². The third kappa shape index (κ3) is 2.00. The molecule has 16 heavy (non-hydrogen) atoms. The number of hydrogen-bond donors (Lipinski definition) is 0.